The molecule has 1 aromatic carbocycles. The third-order valence-corrected chi connectivity index (χ3v) is 10.0. The zero-order valence-corrected chi connectivity index (χ0v) is 20.8. The topological polar surface area (TPSA) is 69.7 Å². The van der Waals surface area contributed by atoms with E-state index in [4.69, 9.17) is 9.47 Å². The van der Waals surface area contributed by atoms with Crippen molar-refractivity contribution in [1.29, 1.82) is 0 Å². The van der Waals surface area contributed by atoms with E-state index in [0.717, 1.165) is 4.47 Å². The number of hydrogen-bond acceptors (Lipinski definition) is 5. The van der Waals surface area contributed by atoms with Gasteiger partial charge >= 0.3 is 11.9 Å². The van der Waals surface area contributed by atoms with E-state index < -0.39 is 58.7 Å². The second kappa shape index (κ2) is 7.11. The average molecular weight is 547 g/mol. The molecule has 4 aliphatic carbocycles. The number of Topliss-reactive ketones (excluding diaryl/α,β-unsaturated/α-hetero) is 1. The highest BCUT2D eigenvalue weighted by Crippen LogP contribution is 2.78. The molecule has 0 radical (unpaired) electrons. The Morgan fingerprint density at radius 3 is 2.71 bits per heavy atom. The monoisotopic (exact) mass is 546 g/mol. The van der Waals surface area contributed by atoms with Gasteiger partial charge in [0.15, 0.2) is 12.4 Å². The summed E-state index contributed by atoms with van der Waals surface area (Å²) in [5, 5.41) is 0. The first-order valence-corrected chi connectivity index (χ1v) is 12.7. The van der Waals surface area contributed by atoms with Gasteiger partial charge in [-0.25, -0.2) is 8.78 Å². The van der Waals surface area contributed by atoms with Crippen LogP contribution in [0.25, 0.3) is 0 Å². The van der Waals surface area contributed by atoms with E-state index in [0.29, 0.717) is 17.6 Å². The molecule has 184 valence electrons. The van der Waals surface area contributed by atoms with Gasteiger partial charge in [0.05, 0.1) is 5.92 Å². The lowest BCUT2D eigenvalue weighted by Crippen LogP contribution is -2.49. The van der Waals surface area contributed by atoms with Crippen molar-refractivity contribution in [2.75, 3.05) is 6.61 Å². The van der Waals surface area contributed by atoms with Crippen molar-refractivity contribution in [3.05, 3.63) is 58.6 Å². The van der Waals surface area contributed by atoms with Crippen molar-refractivity contribution < 1.29 is 32.6 Å². The molecule has 1 aliphatic heterocycles. The number of hydrogen-bond donors (Lipinski definition) is 0. The highest BCUT2D eigenvalue weighted by Gasteiger charge is 2.84. The van der Waals surface area contributed by atoms with Gasteiger partial charge in [-0.3, -0.25) is 14.4 Å². The molecule has 8 atom stereocenters. The van der Waals surface area contributed by atoms with Gasteiger partial charge in [-0.2, -0.15) is 0 Å². The van der Waals surface area contributed by atoms with Crippen LogP contribution < -0.4 is 0 Å². The lowest BCUT2D eigenvalue weighted by Gasteiger charge is -2.43. The minimum absolute atomic E-state index is 0.0561. The van der Waals surface area contributed by atoms with Crippen LogP contribution in [0, 0.1) is 28.6 Å². The van der Waals surface area contributed by atoms with Crippen LogP contribution >= 0.6 is 15.9 Å². The Morgan fingerprint density at radius 2 is 2.00 bits per heavy atom. The first-order valence-electron chi connectivity index (χ1n) is 11.9. The summed E-state index contributed by atoms with van der Waals surface area (Å²) in [7, 11) is 0. The van der Waals surface area contributed by atoms with Crippen molar-refractivity contribution in [2.45, 2.75) is 50.0 Å². The van der Waals surface area contributed by atoms with E-state index in [-0.39, 0.29) is 31.0 Å². The van der Waals surface area contributed by atoms with E-state index in [2.05, 4.69) is 22.5 Å². The van der Waals surface area contributed by atoms with Crippen LogP contribution in [0.15, 0.2) is 53.0 Å². The number of allylic oxidation sites excluding steroid dienone is 2. The molecular weight excluding hydrogens is 522 g/mol. The SMILES string of the molecule is C=C1C[C@]23C[C@@]1(F)CCC2[C@@]12C=C[C@H](F)[C@@](C)(C(=O)O1)C2[C@@H]3C(=O)OCC(=O)c1ccc(Br)cc1. The maximum Gasteiger partial charge on any atom is 0.316 e. The summed E-state index contributed by atoms with van der Waals surface area (Å²) in [4.78, 5) is 39.5. The largest absolute Gasteiger partial charge is 0.457 e. The Bertz CT molecular complexity index is 1210. The summed E-state index contributed by atoms with van der Waals surface area (Å²) < 4.78 is 43.5. The number of halogens is 3. The van der Waals surface area contributed by atoms with Crippen molar-refractivity contribution in [2.24, 2.45) is 28.6 Å². The van der Waals surface area contributed by atoms with Crippen molar-refractivity contribution >= 4 is 33.7 Å². The summed E-state index contributed by atoms with van der Waals surface area (Å²) in [6.45, 7) is 4.97. The number of alkyl halides is 2. The molecule has 5 aliphatic rings. The third-order valence-electron chi connectivity index (χ3n) is 9.51. The summed E-state index contributed by atoms with van der Waals surface area (Å²) in [6.07, 6.45) is 2.20. The summed E-state index contributed by atoms with van der Waals surface area (Å²) >= 11 is 3.31. The zero-order chi connectivity index (χ0) is 25.0. The second-order valence-electron chi connectivity index (χ2n) is 11.0. The Hall–Kier alpha value is -2.35. The molecular formula is C27H25BrF2O5. The van der Waals surface area contributed by atoms with Gasteiger partial charge in [0.2, 0.25) is 0 Å². The van der Waals surface area contributed by atoms with Crippen LogP contribution in [0.2, 0.25) is 0 Å². The van der Waals surface area contributed by atoms with Gasteiger partial charge in [-0.05, 0) is 67.9 Å². The molecule has 4 bridgehead atoms. The molecule has 2 unspecified atom stereocenters. The predicted molar refractivity (Wildman–Crippen MR) is 125 cm³/mol. The van der Waals surface area contributed by atoms with Gasteiger partial charge in [-0.15, -0.1) is 0 Å². The minimum Gasteiger partial charge on any atom is -0.457 e. The Labute approximate surface area is 210 Å². The number of carbonyl (C=O) groups excluding carboxylic acids is 3. The van der Waals surface area contributed by atoms with E-state index in [1.165, 1.54) is 13.0 Å². The van der Waals surface area contributed by atoms with Crippen molar-refractivity contribution in [1.82, 2.24) is 0 Å². The number of carbonyl (C=O) groups is 3. The number of fused-ring (bicyclic) bond motifs is 1. The molecule has 3 saturated carbocycles. The van der Waals surface area contributed by atoms with Gasteiger partial charge in [0.1, 0.15) is 22.9 Å². The van der Waals surface area contributed by atoms with Crippen LogP contribution in [0.1, 0.15) is 43.0 Å². The van der Waals surface area contributed by atoms with E-state index in [9.17, 15) is 14.4 Å². The normalized spacial score (nSPS) is 44.6. The maximum atomic E-state index is 15.8. The molecule has 0 amide bonds. The molecule has 5 nitrogen and oxygen atoms in total. The number of ketones is 1. The number of ether oxygens (including phenoxy) is 2. The quantitative estimate of drug-likeness (QED) is 0.299. The van der Waals surface area contributed by atoms with Crippen molar-refractivity contribution in [3.8, 4) is 0 Å². The Balaban J connectivity index is 1.39. The van der Waals surface area contributed by atoms with Gasteiger partial charge in [-0.1, -0.05) is 34.6 Å². The van der Waals surface area contributed by atoms with Crippen LogP contribution in [0.5, 0.6) is 0 Å². The van der Waals surface area contributed by atoms with Crippen LogP contribution in [0.3, 0.4) is 0 Å². The standard InChI is InChI=1S/C27H25BrF2O5/c1-14-11-25-13-26(14,30)9-7-18(25)27-10-8-19(29)24(2,23(33)35-27)21(27)20(25)22(32)34-12-17(31)15-3-5-16(28)6-4-15/h3-6,8,10,18-21H,1,7,9,11-13H2,2H3/t18?,19-,20+,21?,24+,25-,26-,27+/m0/s1. The average Bonchev–Trinajstić information content (AvgIpc) is 3.24. The smallest absolute Gasteiger partial charge is 0.316 e. The van der Waals surface area contributed by atoms with Crippen LogP contribution in [-0.2, 0) is 19.1 Å². The lowest BCUT2D eigenvalue weighted by molar-refractivity contribution is -0.163. The van der Waals surface area contributed by atoms with Gasteiger partial charge < -0.3 is 9.47 Å². The Kier molecular flexibility index (Phi) is 4.69. The molecule has 4 fully saturated rings. The molecule has 35 heavy (non-hydrogen) atoms. The highest BCUT2D eigenvalue weighted by molar-refractivity contribution is 9.10. The minimum atomic E-state index is -1.65. The molecule has 1 heterocycles. The van der Waals surface area contributed by atoms with Crippen molar-refractivity contribution in [3.63, 3.8) is 0 Å². The highest BCUT2D eigenvalue weighted by atomic mass is 79.9. The van der Waals surface area contributed by atoms with Gasteiger partial charge in [0, 0.05) is 21.9 Å². The maximum absolute atomic E-state index is 15.8. The fourth-order valence-electron chi connectivity index (χ4n) is 7.99. The Morgan fingerprint density at radius 1 is 1.29 bits per heavy atom. The van der Waals surface area contributed by atoms with Gasteiger partial charge in [0.25, 0.3) is 0 Å². The zero-order valence-electron chi connectivity index (χ0n) is 19.2. The first-order chi connectivity index (χ1) is 16.5. The summed E-state index contributed by atoms with van der Waals surface area (Å²) in [6, 6.07) is 6.66. The van der Waals surface area contributed by atoms with E-state index >= 15 is 8.78 Å². The molecule has 1 saturated heterocycles. The van der Waals surface area contributed by atoms with Crippen LogP contribution in [-0.4, -0.2) is 41.8 Å². The van der Waals surface area contributed by atoms with E-state index in [1.54, 1.807) is 30.3 Å². The molecule has 1 spiro atoms. The second-order valence-corrected chi connectivity index (χ2v) is 11.9. The summed E-state index contributed by atoms with van der Waals surface area (Å²) in [5.41, 5.74) is -4.52. The number of esters is 2. The predicted octanol–water partition coefficient (Wildman–Crippen LogP) is 5.09. The molecule has 6 rings (SSSR count). The third kappa shape index (κ3) is 2.75. The number of rotatable bonds is 4. The lowest BCUT2D eigenvalue weighted by atomic mass is 9.61. The number of benzene rings is 1. The molecule has 8 heteroatoms. The molecule has 0 N–H and O–H groups in total. The van der Waals surface area contributed by atoms with Crippen LogP contribution in [0.4, 0.5) is 8.78 Å². The molecule has 0 aromatic heterocycles. The molecule has 1 aromatic rings. The first kappa shape index (κ1) is 23.1. The van der Waals surface area contributed by atoms with E-state index in [1.807, 2.05) is 0 Å². The fraction of sp³-hybridized carbons (Fsp3) is 0.519. The summed E-state index contributed by atoms with van der Waals surface area (Å²) in [5.74, 6) is -4.00. The fourth-order valence-corrected chi connectivity index (χ4v) is 8.26.